The predicted octanol–water partition coefficient (Wildman–Crippen LogP) is -6.13. The first kappa shape index (κ1) is 11.8. The molecule has 3 fully saturated rings. The standard InChI is InChI=1S/C2H12B10S2/c13-1-3-2(14,4-1)6-8-10-12-11-9-7-5-1/h3-14H. The lowest BCUT2D eigenvalue weighted by atomic mass is 8.91. The van der Waals surface area contributed by atoms with E-state index in [0.29, 0.717) is 8.89 Å². The summed E-state index contributed by atoms with van der Waals surface area (Å²) in [6.45, 7) is 0. The van der Waals surface area contributed by atoms with Crippen molar-refractivity contribution in [3.63, 3.8) is 0 Å². The SMILES string of the molecule is SC12BBBBBBBBC(S)(B1)B2. The molecule has 0 aliphatic carbocycles. The maximum Gasteiger partial charge on any atom is 0.121 e. The Hall–Kier alpha value is 1.35. The molecular weight excluding hydrogens is 196 g/mol. The Labute approximate surface area is 105 Å². The van der Waals surface area contributed by atoms with Gasteiger partial charge in [-0.15, -0.1) is 0 Å². The summed E-state index contributed by atoms with van der Waals surface area (Å²) in [6.07, 6.45) is 0. The van der Waals surface area contributed by atoms with Gasteiger partial charge in [0.25, 0.3) is 0 Å². The van der Waals surface area contributed by atoms with Gasteiger partial charge < -0.3 is 0 Å². The highest BCUT2D eigenvalue weighted by atomic mass is 32.1. The van der Waals surface area contributed by atoms with Gasteiger partial charge in [-0.3, -0.25) is 0 Å². The van der Waals surface area contributed by atoms with Crippen LogP contribution in [0.2, 0.25) is 0 Å². The van der Waals surface area contributed by atoms with Crippen LogP contribution < -0.4 is 0 Å². The van der Waals surface area contributed by atoms with Crippen LogP contribution in [-0.4, -0.2) is 80.2 Å². The van der Waals surface area contributed by atoms with E-state index < -0.39 is 0 Å². The average Bonchev–Trinajstić information content (AvgIpc) is 2.10. The van der Waals surface area contributed by atoms with E-state index in [4.69, 9.17) is 25.3 Å². The molecule has 12 heteroatoms. The smallest absolute Gasteiger partial charge is 0.121 e. The molecule has 3 rings (SSSR count). The molecule has 0 aromatic rings. The Bertz CT molecular complexity index is 182. The van der Waals surface area contributed by atoms with Crippen molar-refractivity contribution in [1.82, 2.24) is 0 Å². The normalized spacial score (nSPS) is 39.3. The second-order valence-electron chi connectivity index (χ2n) is 5.42. The van der Waals surface area contributed by atoms with Gasteiger partial charge in [-0.05, 0) is 0 Å². The summed E-state index contributed by atoms with van der Waals surface area (Å²) in [5, 5.41) is 0. The van der Waals surface area contributed by atoms with Crippen LogP contribution in [-0.2, 0) is 0 Å². The molecule has 0 amide bonds. The number of rotatable bonds is 0. The zero-order chi connectivity index (χ0) is 10.1. The molecule has 0 spiro atoms. The van der Waals surface area contributed by atoms with Gasteiger partial charge in [0, 0.05) is 42.4 Å². The quantitative estimate of drug-likeness (QED) is 0.287. The number of fused-ring (bicyclic) bond motifs is 7. The maximum absolute atomic E-state index is 4.82. The average molecular weight is 208 g/mol. The molecule has 3 heterocycles. The molecule has 0 N–H and O–H groups in total. The van der Waals surface area contributed by atoms with E-state index in [1.807, 2.05) is 0 Å². The molecule has 3 aliphatic heterocycles. The predicted molar refractivity (Wildman–Crippen MR) is 94.9 cm³/mol. The summed E-state index contributed by atoms with van der Waals surface area (Å²) in [6, 6.07) is 0. The molecule has 3 saturated heterocycles. The first-order valence-corrected chi connectivity index (χ1v) is 6.96. The molecule has 0 radical (unpaired) electrons. The van der Waals surface area contributed by atoms with Crippen molar-refractivity contribution in [3.05, 3.63) is 0 Å². The van der Waals surface area contributed by atoms with Crippen molar-refractivity contribution in [1.29, 1.82) is 0 Å². The minimum Gasteiger partial charge on any atom is -0.198 e. The van der Waals surface area contributed by atoms with Crippen LogP contribution in [0, 0.1) is 0 Å². The largest absolute Gasteiger partial charge is 0.198 e. The van der Waals surface area contributed by atoms with Crippen molar-refractivity contribution in [2.75, 3.05) is 0 Å². The Morgan fingerprint density at radius 3 is 1.36 bits per heavy atom. The molecule has 0 nitrogen and oxygen atoms in total. The van der Waals surface area contributed by atoms with Gasteiger partial charge in [-0.1, -0.05) is 8.89 Å². The summed E-state index contributed by atoms with van der Waals surface area (Å²) in [5.41, 5.74) is 0. The van der Waals surface area contributed by atoms with Crippen molar-refractivity contribution in [2.45, 2.75) is 8.89 Å². The topological polar surface area (TPSA) is 0 Å². The van der Waals surface area contributed by atoms with Gasteiger partial charge in [0.15, 0.2) is 0 Å². The van der Waals surface area contributed by atoms with Crippen LogP contribution in [0.5, 0.6) is 0 Å². The summed E-state index contributed by atoms with van der Waals surface area (Å²) in [7, 11) is 13.6. The van der Waals surface area contributed by atoms with E-state index in [9.17, 15) is 0 Å². The van der Waals surface area contributed by atoms with Crippen LogP contribution in [0.4, 0.5) is 0 Å². The lowest BCUT2D eigenvalue weighted by Crippen LogP contribution is -2.74. The van der Waals surface area contributed by atoms with E-state index in [2.05, 4.69) is 0 Å². The van der Waals surface area contributed by atoms with Gasteiger partial charge in [-0.2, -0.15) is 25.3 Å². The molecular formula is C2H12B10S2. The second kappa shape index (κ2) is 4.69. The molecule has 2 bridgehead atoms. The van der Waals surface area contributed by atoms with E-state index in [1.165, 1.54) is 71.3 Å². The monoisotopic (exact) mass is 210 g/mol. The molecule has 0 unspecified atom stereocenters. The van der Waals surface area contributed by atoms with Gasteiger partial charge in [0.2, 0.25) is 0 Å². The van der Waals surface area contributed by atoms with Crippen LogP contribution in [0.15, 0.2) is 0 Å². The highest BCUT2D eigenvalue weighted by Gasteiger charge is 2.51. The van der Waals surface area contributed by atoms with E-state index >= 15 is 0 Å². The molecule has 62 valence electrons. The van der Waals surface area contributed by atoms with Gasteiger partial charge in [0.1, 0.15) is 14.6 Å². The number of hydrogen-bond acceptors (Lipinski definition) is 2. The Kier molecular flexibility index (Phi) is 3.96. The molecule has 0 aromatic heterocycles. The fraction of sp³-hybridized carbons (Fsp3) is 1.00. The van der Waals surface area contributed by atoms with E-state index in [1.54, 1.807) is 0 Å². The summed E-state index contributed by atoms with van der Waals surface area (Å²) in [5.74, 6) is 0. The Morgan fingerprint density at radius 1 is 0.571 bits per heavy atom. The van der Waals surface area contributed by atoms with E-state index in [-0.39, 0.29) is 0 Å². The first-order valence-electron chi connectivity index (χ1n) is 6.07. The third-order valence-corrected chi connectivity index (χ3v) is 4.93. The molecule has 0 aromatic carbocycles. The van der Waals surface area contributed by atoms with Gasteiger partial charge in [0.05, 0.1) is 14.3 Å². The molecule has 14 heavy (non-hydrogen) atoms. The number of thiol groups is 2. The zero-order valence-corrected chi connectivity index (χ0v) is 10.8. The highest BCUT2D eigenvalue weighted by Crippen LogP contribution is 2.32. The molecule has 3 aliphatic rings. The minimum atomic E-state index is 0.353. The summed E-state index contributed by atoms with van der Waals surface area (Å²) < 4.78 is 0.707. The van der Waals surface area contributed by atoms with Crippen molar-refractivity contribution in [3.8, 4) is 0 Å². The molecule has 0 atom stereocenters. The van der Waals surface area contributed by atoms with Crippen molar-refractivity contribution < 1.29 is 0 Å². The van der Waals surface area contributed by atoms with Gasteiger partial charge in [-0.25, -0.2) is 0 Å². The van der Waals surface area contributed by atoms with Crippen molar-refractivity contribution in [2.24, 2.45) is 0 Å². The maximum atomic E-state index is 4.82. The fourth-order valence-electron chi connectivity index (χ4n) is 3.14. The van der Waals surface area contributed by atoms with Crippen LogP contribution in [0.25, 0.3) is 0 Å². The lowest BCUT2D eigenvalue weighted by Gasteiger charge is -2.50. The Morgan fingerprint density at radius 2 is 0.929 bits per heavy atom. The van der Waals surface area contributed by atoms with Crippen LogP contribution >= 0.6 is 25.3 Å². The fourth-order valence-corrected chi connectivity index (χ4v) is 4.92. The third kappa shape index (κ3) is 2.93. The summed E-state index contributed by atoms with van der Waals surface area (Å²) >= 11 is 9.65. The minimum absolute atomic E-state index is 0.353. The molecule has 0 saturated carbocycles. The van der Waals surface area contributed by atoms with E-state index in [0.717, 1.165) is 0 Å². The van der Waals surface area contributed by atoms with Gasteiger partial charge >= 0.3 is 0 Å². The first-order chi connectivity index (χ1) is 6.62. The van der Waals surface area contributed by atoms with Crippen LogP contribution in [0.3, 0.4) is 0 Å². The second-order valence-corrected chi connectivity index (χ2v) is 7.32. The Balaban J connectivity index is 1.90. The highest BCUT2D eigenvalue weighted by molar-refractivity contribution is 7.96. The summed E-state index contributed by atoms with van der Waals surface area (Å²) in [4.78, 5) is 0. The lowest BCUT2D eigenvalue weighted by molar-refractivity contribution is 1.41. The number of hydrogen-bond donors (Lipinski definition) is 2. The third-order valence-electron chi connectivity index (χ3n) is 3.85. The van der Waals surface area contributed by atoms with Crippen molar-refractivity contribution >= 4 is 96.5 Å². The van der Waals surface area contributed by atoms with Crippen LogP contribution in [0.1, 0.15) is 0 Å². The zero-order valence-electron chi connectivity index (χ0n) is 8.97.